The smallest absolute Gasteiger partial charge is 0.0825 e. The fourth-order valence-corrected chi connectivity index (χ4v) is 1.77. The van der Waals surface area contributed by atoms with Gasteiger partial charge in [-0.1, -0.05) is 42.0 Å². The molecule has 0 amide bonds. The quantitative estimate of drug-likeness (QED) is 0.646. The Labute approximate surface area is 130 Å². The summed E-state index contributed by atoms with van der Waals surface area (Å²) in [5.74, 6) is 0.481. The minimum atomic E-state index is -0.134. The maximum absolute atomic E-state index is 11.9. The molecule has 3 rings (SSSR count). The zero-order valence-corrected chi connectivity index (χ0v) is 12.4. The van der Waals surface area contributed by atoms with E-state index in [4.69, 9.17) is 4.42 Å². The van der Waals surface area contributed by atoms with Gasteiger partial charge in [0.15, 0.2) is 0 Å². The van der Waals surface area contributed by atoms with Crippen LogP contribution >= 0.6 is 0 Å². The average Bonchev–Trinajstić information content (AvgIpc) is 2.40. The number of benzene rings is 2. The molecule has 85 valence electrons. The van der Waals surface area contributed by atoms with Gasteiger partial charge in [-0.2, -0.15) is 0 Å². The molecule has 0 atom stereocenters. The molecule has 0 unspecified atom stereocenters. The zero-order chi connectivity index (χ0) is 11.7. The fourth-order valence-electron chi connectivity index (χ4n) is 1.77. The predicted octanol–water partition coefficient (Wildman–Crippen LogP) is 3.26. The summed E-state index contributed by atoms with van der Waals surface area (Å²) in [7, 11) is 0. The van der Waals surface area contributed by atoms with Gasteiger partial charge in [0.25, 0.3) is 0 Å². The Morgan fingerprint density at radius 2 is 1.56 bits per heavy atom. The molecule has 18 heavy (non-hydrogen) atoms. The molecule has 0 bridgehead atoms. The summed E-state index contributed by atoms with van der Waals surface area (Å²) in [5, 5.41) is 0.562. The molecule has 0 aliphatic heterocycles. The van der Waals surface area contributed by atoms with Crippen molar-refractivity contribution >= 4 is 11.0 Å². The first kappa shape index (κ1) is 13.2. The van der Waals surface area contributed by atoms with E-state index in [2.05, 4.69) is 6.07 Å². The molecule has 2 nitrogen and oxygen atoms in total. The topological polar surface area (TPSA) is 30.2 Å². The minimum Gasteiger partial charge on any atom is -0.495 e. The third kappa shape index (κ3) is 2.45. The molecule has 0 N–H and O–H groups in total. The molecule has 3 aromatic rings. The van der Waals surface area contributed by atoms with Crippen LogP contribution in [0.5, 0.6) is 0 Å². The van der Waals surface area contributed by atoms with Gasteiger partial charge in [-0.05, 0) is 11.5 Å². The van der Waals surface area contributed by atoms with E-state index < -0.39 is 0 Å². The first-order valence-electron chi connectivity index (χ1n) is 5.35. The predicted molar refractivity (Wildman–Crippen MR) is 66.8 cm³/mol. The van der Waals surface area contributed by atoms with Crippen LogP contribution in [0.1, 0.15) is 0 Å². The van der Waals surface area contributed by atoms with E-state index in [0.717, 1.165) is 5.56 Å². The van der Waals surface area contributed by atoms with E-state index in [1.807, 2.05) is 42.5 Å². The Kier molecular flexibility index (Phi) is 4.10. The first-order valence-corrected chi connectivity index (χ1v) is 5.35. The van der Waals surface area contributed by atoms with E-state index in [0.29, 0.717) is 16.7 Å². The van der Waals surface area contributed by atoms with Gasteiger partial charge in [0.2, 0.25) is 0 Å². The summed E-state index contributed by atoms with van der Waals surface area (Å²) in [6.45, 7) is 0. The van der Waals surface area contributed by atoms with Gasteiger partial charge in [0.1, 0.15) is 0 Å². The van der Waals surface area contributed by atoms with E-state index in [9.17, 15) is 4.79 Å². The number of rotatable bonds is 1. The van der Waals surface area contributed by atoms with Crippen LogP contribution in [0.15, 0.2) is 63.8 Å². The van der Waals surface area contributed by atoms with Crippen molar-refractivity contribution in [2.24, 2.45) is 0 Å². The number of hydrogen-bond donors (Lipinski definition) is 0. The van der Waals surface area contributed by atoms with Crippen molar-refractivity contribution in [3.8, 4) is 11.3 Å². The molecule has 0 spiro atoms. The summed E-state index contributed by atoms with van der Waals surface area (Å²) in [6, 6.07) is 19.4. The third-order valence-corrected chi connectivity index (χ3v) is 2.61. The molecule has 0 saturated heterocycles. The van der Waals surface area contributed by atoms with Crippen molar-refractivity contribution in [2.45, 2.75) is 0 Å². The van der Waals surface area contributed by atoms with Crippen LogP contribution in [-0.2, 0) is 32.7 Å². The SMILES string of the molecule is O=c1[c-]c(-c2ccccc2)oc2ccccc12.[Y]. The van der Waals surface area contributed by atoms with Crippen LogP contribution in [0, 0.1) is 6.07 Å². The van der Waals surface area contributed by atoms with E-state index in [1.165, 1.54) is 0 Å². The van der Waals surface area contributed by atoms with Crippen molar-refractivity contribution < 1.29 is 37.1 Å². The Morgan fingerprint density at radius 1 is 0.889 bits per heavy atom. The van der Waals surface area contributed by atoms with E-state index in [1.54, 1.807) is 12.1 Å². The van der Waals surface area contributed by atoms with Crippen molar-refractivity contribution in [2.75, 3.05) is 0 Å². The number of fused-ring (bicyclic) bond motifs is 1. The first-order chi connectivity index (χ1) is 8.34. The van der Waals surface area contributed by atoms with Crippen LogP contribution in [-0.4, -0.2) is 0 Å². The van der Waals surface area contributed by atoms with Gasteiger partial charge < -0.3 is 9.21 Å². The van der Waals surface area contributed by atoms with E-state index in [-0.39, 0.29) is 38.1 Å². The second-order valence-corrected chi connectivity index (χ2v) is 3.75. The van der Waals surface area contributed by atoms with Crippen molar-refractivity contribution in [1.82, 2.24) is 0 Å². The summed E-state index contributed by atoms with van der Waals surface area (Å²) < 4.78 is 5.67. The Hall–Kier alpha value is -1.25. The summed E-state index contributed by atoms with van der Waals surface area (Å²) in [4.78, 5) is 11.9. The summed E-state index contributed by atoms with van der Waals surface area (Å²) in [6.07, 6.45) is 0. The Morgan fingerprint density at radius 3 is 2.33 bits per heavy atom. The Bertz CT molecular complexity index is 717. The van der Waals surface area contributed by atoms with Crippen molar-refractivity contribution in [3.63, 3.8) is 0 Å². The second-order valence-electron chi connectivity index (χ2n) is 3.75. The van der Waals surface area contributed by atoms with Gasteiger partial charge in [0.05, 0.1) is 11.0 Å². The molecular weight excluding hydrogens is 301 g/mol. The fraction of sp³-hybridized carbons (Fsp3) is 0. The third-order valence-electron chi connectivity index (χ3n) is 2.61. The Balaban J connectivity index is 0.00000120. The molecule has 3 heteroatoms. The molecule has 1 heterocycles. The molecule has 1 aromatic heterocycles. The molecule has 2 aromatic carbocycles. The van der Waals surface area contributed by atoms with Gasteiger partial charge in [-0.15, -0.1) is 18.2 Å². The largest absolute Gasteiger partial charge is 0.495 e. The zero-order valence-electron chi connectivity index (χ0n) is 9.59. The molecule has 0 aliphatic carbocycles. The van der Waals surface area contributed by atoms with Crippen LogP contribution in [0.2, 0.25) is 0 Å². The number of hydrogen-bond acceptors (Lipinski definition) is 2. The monoisotopic (exact) mass is 310 g/mol. The summed E-state index contributed by atoms with van der Waals surface area (Å²) in [5.41, 5.74) is 1.32. The molecule has 1 radical (unpaired) electrons. The average molecular weight is 310 g/mol. The van der Waals surface area contributed by atoms with Gasteiger partial charge in [0, 0.05) is 38.5 Å². The van der Waals surface area contributed by atoms with Gasteiger partial charge >= 0.3 is 0 Å². The van der Waals surface area contributed by atoms with Gasteiger partial charge in [-0.3, -0.25) is 0 Å². The normalized spacial score (nSPS) is 10.0. The van der Waals surface area contributed by atoms with Crippen LogP contribution < -0.4 is 5.43 Å². The molecule has 0 saturated carbocycles. The number of para-hydroxylation sites is 1. The molecular formula is C15H9O2Y-. The minimum absolute atomic E-state index is 0. The molecule has 0 fully saturated rings. The second kappa shape index (κ2) is 5.60. The van der Waals surface area contributed by atoms with Gasteiger partial charge in [-0.25, -0.2) is 0 Å². The van der Waals surface area contributed by atoms with E-state index >= 15 is 0 Å². The summed E-state index contributed by atoms with van der Waals surface area (Å²) >= 11 is 0. The van der Waals surface area contributed by atoms with Crippen molar-refractivity contribution in [3.05, 3.63) is 70.9 Å². The maximum Gasteiger partial charge on any atom is 0.0825 e. The van der Waals surface area contributed by atoms with Crippen molar-refractivity contribution in [1.29, 1.82) is 0 Å². The van der Waals surface area contributed by atoms with Crippen LogP contribution in [0.3, 0.4) is 0 Å². The maximum atomic E-state index is 11.9. The molecule has 0 aliphatic rings. The van der Waals surface area contributed by atoms with Crippen LogP contribution in [0.4, 0.5) is 0 Å². The standard InChI is InChI=1S/C15H9O2.Y/c16-13-10-15(11-6-2-1-3-7-11)17-14-9-5-4-8-12(13)14;/h1-9H;/q-1;. The van der Waals surface area contributed by atoms with Crippen LogP contribution in [0.25, 0.3) is 22.3 Å².